The van der Waals surface area contributed by atoms with Gasteiger partial charge in [0.1, 0.15) is 5.60 Å². The van der Waals surface area contributed by atoms with Gasteiger partial charge in [-0.1, -0.05) is 12.8 Å². The molecule has 1 aliphatic heterocycles. The summed E-state index contributed by atoms with van der Waals surface area (Å²) in [6, 6.07) is 0. The van der Waals surface area contributed by atoms with Gasteiger partial charge in [-0.05, 0) is 26.7 Å². The Morgan fingerprint density at radius 2 is 2.18 bits per heavy atom. The largest absolute Gasteiger partial charge is 0.432 e. The summed E-state index contributed by atoms with van der Waals surface area (Å²) in [6.07, 6.45) is 2.42. The molecule has 2 N–H and O–H groups in total. The van der Waals surface area contributed by atoms with Gasteiger partial charge in [0.2, 0.25) is 6.29 Å². The predicted molar refractivity (Wildman–Crippen MR) is 58.8 cm³/mol. The summed E-state index contributed by atoms with van der Waals surface area (Å²) < 4.78 is 10.3. The molecule has 1 aliphatic carbocycles. The quantitative estimate of drug-likeness (QED) is 0.558. The van der Waals surface area contributed by atoms with E-state index in [9.17, 15) is 15.0 Å². The van der Waals surface area contributed by atoms with Crippen LogP contribution < -0.4 is 0 Å². The van der Waals surface area contributed by atoms with E-state index in [1.165, 1.54) is 13.8 Å². The van der Waals surface area contributed by atoms with Gasteiger partial charge in [-0.2, -0.15) is 0 Å². The fraction of sp³-hybridized carbons (Fsp3) is 0.917. The average molecular weight is 244 g/mol. The van der Waals surface area contributed by atoms with E-state index in [2.05, 4.69) is 0 Å². The number of esters is 1. The molecule has 2 fully saturated rings. The molecule has 3 atom stereocenters. The molecule has 0 aromatic rings. The number of cyclic esters (lactones) is 1. The van der Waals surface area contributed by atoms with E-state index in [-0.39, 0.29) is 18.3 Å². The molecular weight excluding hydrogens is 224 g/mol. The minimum atomic E-state index is -1.43. The maximum absolute atomic E-state index is 11.5. The minimum absolute atomic E-state index is 0.121. The molecule has 1 saturated carbocycles. The van der Waals surface area contributed by atoms with Crippen LogP contribution in [0.1, 0.15) is 46.0 Å². The van der Waals surface area contributed by atoms with Crippen molar-refractivity contribution >= 4 is 5.97 Å². The van der Waals surface area contributed by atoms with Crippen LogP contribution in [0.4, 0.5) is 0 Å². The van der Waals surface area contributed by atoms with Gasteiger partial charge < -0.3 is 19.7 Å². The van der Waals surface area contributed by atoms with Crippen LogP contribution in [0.2, 0.25) is 0 Å². The molecule has 2 aliphatic rings. The van der Waals surface area contributed by atoms with Crippen molar-refractivity contribution in [3.63, 3.8) is 0 Å². The Morgan fingerprint density at radius 1 is 1.47 bits per heavy atom. The number of carbonyl (C=O) groups is 1. The minimum Gasteiger partial charge on any atom is -0.432 e. The highest BCUT2D eigenvalue weighted by molar-refractivity contribution is 5.71. The Balaban J connectivity index is 2.19. The Hall–Kier alpha value is -0.650. The average Bonchev–Trinajstić information content (AvgIpc) is 2.17. The monoisotopic (exact) mass is 244 g/mol. The first-order valence-corrected chi connectivity index (χ1v) is 6.13. The molecule has 2 rings (SSSR count). The fourth-order valence-electron chi connectivity index (χ4n) is 2.70. The SMILES string of the molecule is CC(C)(O)OC1OC(=O)CC2CCCCC21O. The summed E-state index contributed by atoms with van der Waals surface area (Å²) in [5, 5.41) is 20.3. The number of ether oxygens (including phenoxy) is 2. The van der Waals surface area contributed by atoms with E-state index in [1.807, 2.05) is 0 Å². The highest BCUT2D eigenvalue weighted by atomic mass is 16.8. The second-order valence-electron chi connectivity index (χ2n) is 5.52. The lowest BCUT2D eigenvalue weighted by atomic mass is 9.72. The number of rotatable bonds is 2. The summed E-state index contributed by atoms with van der Waals surface area (Å²) in [4.78, 5) is 11.5. The van der Waals surface area contributed by atoms with Gasteiger partial charge in [-0.3, -0.25) is 4.79 Å². The number of hydrogen-bond donors (Lipinski definition) is 2. The molecule has 0 bridgehead atoms. The molecule has 5 heteroatoms. The summed E-state index contributed by atoms with van der Waals surface area (Å²) in [5.41, 5.74) is -1.15. The van der Waals surface area contributed by atoms with E-state index >= 15 is 0 Å². The zero-order valence-corrected chi connectivity index (χ0v) is 10.3. The molecule has 3 unspecified atom stereocenters. The lowest BCUT2D eigenvalue weighted by Gasteiger charge is -2.47. The van der Waals surface area contributed by atoms with Crippen LogP contribution >= 0.6 is 0 Å². The van der Waals surface area contributed by atoms with Crippen molar-refractivity contribution in [1.29, 1.82) is 0 Å². The van der Waals surface area contributed by atoms with Crippen molar-refractivity contribution in [3.8, 4) is 0 Å². The first-order valence-electron chi connectivity index (χ1n) is 6.13. The molecule has 0 aromatic carbocycles. The predicted octanol–water partition coefficient (Wildman–Crippen LogP) is 0.926. The van der Waals surface area contributed by atoms with E-state index in [4.69, 9.17) is 9.47 Å². The number of fused-ring (bicyclic) bond motifs is 1. The van der Waals surface area contributed by atoms with Gasteiger partial charge in [0.25, 0.3) is 0 Å². The summed E-state index contributed by atoms with van der Waals surface area (Å²) in [5.74, 6) is -1.92. The van der Waals surface area contributed by atoms with E-state index in [0.717, 1.165) is 19.3 Å². The van der Waals surface area contributed by atoms with Crippen LogP contribution in [-0.4, -0.2) is 33.9 Å². The standard InChI is InChI=1S/C12H20O5/c1-11(2,14)17-10-12(15)6-4-3-5-8(12)7-9(13)16-10/h8,10,14-15H,3-7H2,1-2H3. The van der Waals surface area contributed by atoms with Crippen LogP contribution in [0.5, 0.6) is 0 Å². The molecule has 0 spiro atoms. The van der Waals surface area contributed by atoms with Crippen molar-refractivity contribution in [2.75, 3.05) is 0 Å². The second-order valence-corrected chi connectivity index (χ2v) is 5.52. The molecule has 0 radical (unpaired) electrons. The molecule has 0 aromatic heterocycles. The van der Waals surface area contributed by atoms with E-state index in [0.29, 0.717) is 6.42 Å². The van der Waals surface area contributed by atoms with Crippen molar-refractivity contribution in [1.82, 2.24) is 0 Å². The number of aliphatic hydroxyl groups is 2. The van der Waals surface area contributed by atoms with Crippen molar-refractivity contribution in [3.05, 3.63) is 0 Å². The first kappa shape index (κ1) is 12.8. The summed E-state index contributed by atoms with van der Waals surface area (Å²) in [6.45, 7) is 2.91. The van der Waals surface area contributed by atoms with Crippen LogP contribution in [0.25, 0.3) is 0 Å². The van der Waals surface area contributed by atoms with Gasteiger partial charge in [0.15, 0.2) is 5.79 Å². The van der Waals surface area contributed by atoms with Gasteiger partial charge in [0, 0.05) is 5.92 Å². The third kappa shape index (κ3) is 2.61. The molecule has 1 saturated heterocycles. The lowest BCUT2D eigenvalue weighted by Crippen LogP contribution is -2.59. The molecule has 17 heavy (non-hydrogen) atoms. The lowest BCUT2D eigenvalue weighted by molar-refractivity contribution is -0.336. The molecule has 98 valence electrons. The second kappa shape index (κ2) is 4.23. The van der Waals surface area contributed by atoms with Gasteiger partial charge in [0.05, 0.1) is 6.42 Å². The summed E-state index contributed by atoms with van der Waals surface area (Å²) in [7, 11) is 0. The Morgan fingerprint density at radius 3 is 2.82 bits per heavy atom. The van der Waals surface area contributed by atoms with Crippen LogP contribution in [0, 0.1) is 5.92 Å². The van der Waals surface area contributed by atoms with Gasteiger partial charge in [-0.25, -0.2) is 0 Å². The third-order valence-electron chi connectivity index (χ3n) is 3.54. The Bertz CT molecular complexity index is 309. The normalized spacial score (nSPS) is 38.5. The highest BCUT2D eigenvalue weighted by Gasteiger charge is 2.53. The van der Waals surface area contributed by atoms with Crippen molar-refractivity contribution in [2.24, 2.45) is 5.92 Å². The van der Waals surface area contributed by atoms with E-state index < -0.39 is 17.7 Å². The van der Waals surface area contributed by atoms with Crippen molar-refractivity contribution < 1.29 is 24.5 Å². The zero-order chi connectivity index (χ0) is 12.7. The zero-order valence-electron chi connectivity index (χ0n) is 10.3. The Labute approximate surface area is 101 Å². The van der Waals surface area contributed by atoms with Gasteiger partial charge >= 0.3 is 5.97 Å². The van der Waals surface area contributed by atoms with Crippen LogP contribution in [-0.2, 0) is 14.3 Å². The number of hydrogen-bond acceptors (Lipinski definition) is 5. The Kier molecular flexibility index (Phi) is 3.18. The third-order valence-corrected chi connectivity index (χ3v) is 3.54. The topological polar surface area (TPSA) is 76.0 Å². The molecular formula is C12H20O5. The maximum atomic E-state index is 11.5. The molecule has 1 heterocycles. The molecule has 5 nitrogen and oxygen atoms in total. The van der Waals surface area contributed by atoms with Crippen LogP contribution in [0.15, 0.2) is 0 Å². The summed E-state index contributed by atoms with van der Waals surface area (Å²) >= 11 is 0. The van der Waals surface area contributed by atoms with Crippen LogP contribution in [0.3, 0.4) is 0 Å². The first-order chi connectivity index (χ1) is 7.81. The van der Waals surface area contributed by atoms with E-state index in [1.54, 1.807) is 0 Å². The fourth-order valence-corrected chi connectivity index (χ4v) is 2.70. The van der Waals surface area contributed by atoms with Gasteiger partial charge in [-0.15, -0.1) is 0 Å². The van der Waals surface area contributed by atoms with Crippen molar-refractivity contribution in [2.45, 2.75) is 63.6 Å². The maximum Gasteiger partial charge on any atom is 0.308 e. The molecule has 0 amide bonds. The number of carbonyl (C=O) groups excluding carboxylic acids is 1. The smallest absolute Gasteiger partial charge is 0.308 e. The highest BCUT2D eigenvalue weighted by Crippen LogP contribution is 2.43.